The molecule has 1 amide bonds. The smallest absolute Gasteiger partial charge is 0.338 e. The van der Waals surface area contributed by atoms with Gasteiger partial charge >= 0.3 is 11.7 Å². The highest BCUT2D eigenvalue weighted by molar-refractivity contribution is 7.88. The Morgan fingerprint density at radius 1 is 0.960 bits per heavy atom. The molecule has 2 N–H and O–H groups in total. The Hall–Kier alpha value is -5.05. The number of halogens is 1. The van der Waals surface area contributed by atoms with Crippen molar-refractivity contribution in [2.75, 3.05) is 6.54 Å². The zero-order valence-electron chi connectivity index (χ0n) is 27.1. The van der Waals surface area contributed by atoms with Gasteiger partial charge in [0.05, 0.1) is 17.1 Å². The largest absolute Gasteiger partial charge is 0.351 e. The molecular weight excluding hydrogens is 680 g/mol. The van der Waals surface area contributed by atoms with Gasteiger partial charge in [0, 0.05) is 52.1 Å². The molecule has 1 fully saturated rings. The van der Waals surface area contributed by atoms with E-state index in [-0.39, 0.29) is 36.0 Å². The number of fused-ring (bicyclic) bond motifs is 2. The molecular formula is C36H33FN6O5S2. The number of thiophene rings is 1. The zero-order valence-corrected chi connectivity index (χ0v) is 28.7. The summed E-state index contributed by atoms with van der Waals surface area (Å²) in [6.07, 6.45) is 4.98. The Bertz CT molecular complexity index is 2450. The molecule has 3 aromatic heterocycles. The summed E-state index contributed by atoms with van der Waals surface area (Å²) in [7, 11) is -4.32. The van der Waals surface area contributed by atoms with Crippen LogP contribution in [0, 0.1) is 12.7 Å². The second kappa shape index (κ2) is 13.3. The van der Waals surface area contributed by atoms with Crippen molar-refractivity contribution in [1.82, 2.24) is 23.4 Å². The van der Waals surface area contributed by atoms with Crippen molar-refractivity contribution in [1.29, 1.82) is 0 Å². The second-order valence-electron chi connectivity index (χ2n) is 12.4. The highest BCUT2D eigenvalue weighted by atomic mass is 32.2. The minimum absolute atomic E-state index is 0.0585. The van der Waals surface area contributed by atoms with E-state index < -0.39 is 45.3 Å². The van der Waals surface area contributed by atoms with E-state index in [4.69, 9.17) is 5.73 Å². The van der Waals surface area contributed by atoms with Crippen LogP contribution in [-0.4, -0.2) is 56.2 Å². The van der Waals surface area contributed by atoms with E-state index in [9.17, 15) is 22.8 Å². The molecule has 0 saturated carbocycles. The van der Waals surface area contributed by atoms with Crippen LogP contribution in [0.4, 0.5) is 9.18 Å². The minimum Gasteiger partial charge on any atom is -0.351 e. The number of sulfonamides is 1. The van der Waals surface area contributed by atoms with Crippen molar-refractivity contribution in [3.63, 3.8) is 0 Å². The number of carbonyl (C=O) groups excluding carboxylic acids is 2. The molecule has 7 rings (SSSR count). The number of primary amides is 1. The Labute approximate surface area is 290 Å². The van der Waals surface area contributed by atoms with Gasteiger partial charge in [0.2, 0.25) is 10.0 Å². The van der Waals surface area contributed by atoms with Gasteiger partial charge in [0.15, 0.2) is 5.78 Å². The van der Waals surface area contributed by atoms with Gasteiger partial charge in [-0.25, -0.2) is 36.9 Å². The molecule has 256 valence electrons. The van der Waals surface area contributed by atoms with Crippen LogP contribution in [-0.2, 0) is 27.1 Å². The third-order valence-electron chi connectivity index (χ3n) is 9.20. The lowest BCUT2D eigenvalue weighted by molar-refractivity contribution is -0.122. The van der Waals surface area contributed by atoms with Crippen molar-refractivity contribution in [3.8, 4) is 22.3 Å². The normalized spacial score (nSPS) is 15.8. The number of Topliss-reactive ketones (excluding diaryl/α,β-unsaturated/α-hetero) is 1. The number of aromatic nitrogens is 4. The van der Waals surface area contributed by atoms with E-state index in [0.29, 0.717) is 41.8 Å². The van der Waals surface area contributed by atoms with Gasteiger partial charge in [-0.05, 0) is 54.5 Å². The number of hydrogen-bond acceptors (Lipinski definition) is 8. The van der Waals surface area contributed by atoms with Gasteiger partial charge in [-0.3, -0.25) is 9.36 Å². The van der Waals surface area contributed by atoms with Crippen molar-refractivity contribution in [2.24, 2.45) is 5.73 Å². The molecule has 3 aromatic carbocycles. The molecule has 0 bridgehead atoms. The molecule has 0 radical (unpaired) electrons. The van der Waals surface area contributed by atoms with E-state index in [0.717, 1.165) is 29.1 Å². The Balaban J connectivity index is 1.20. The highest BCUT2D eigenvalue weighted by Gasteiger charge is 2.37. The molecule has 6 aromatic rings. The molecule has 1 aliphatic rings. The van der Waals surface area contributed by atoms with Gasteiger partial charge in [0.1, 0.15) is 17.5 Å². The monoisotopic (exact) mass is 712 g/mol. The van der Waals surface area contributed by atoms with Crippen molar-refractivity contribution in [3.05, 3.63) is 106 Å². The summed E-state index contributed by atoms with van der Waals surface area (Å²) < 4.78 is 48.2. The molecule has 0 aliphatic carbocycles. The van der Waals surface area contributed by atoms with E-state index in [2.05, 4.69) is 9.97 Å². The van der Waals surface area contributed by atoms with Crippen LogP contribution in [0.2, 0.25) is 0 Å². The lowest BCUT2D eigenvalue weighted by Crippen LogP contribution is -2.47. The van der Waals surface area contributed by atoms with Crippen LogP contribution < -0.4 is 11.4 Å². The fourth-order valence-corrected chi connectivity index (χ4v) is 9.41. The molecule has 4 heterocycles. The summed E-state index contributed by atoms with van der Waals surface area (Å²) in [6, 6.07) is 15.3. The van der Waals surface area contributed by atoms with Crippen LogP contribution in [0.5, 0.6) is 0 Å². The quantitative estimate of drug-likeness (QED) is 0.208. The number of hydrogen-bond donors (Lipinski definition) is 1. The van der Waals surface area contributed by atoms with Crippen molar-refractivity contribution >= 4 is 54.3 Å². The maximum absolute atomic E-state index is 16.0. The molecule has 1 saturated heterocycles. The number of carbonyl (C=O) groups is 2. The molecule has 0 spiro atoms. The average molecular weight is 713 g/mol. The number of benzene rings is 3. The minimum atomic E-state index is -4.32. The van der Waals surface area contributed by atoms with E-state index in [1.165, 1.54) is 11.3 Å². The predicted octanol–water partition coefficient (Wildman–Crippen LogP) is 5.86. The topological polar surface area (TPSA) is 150 Å². The average Bonchev–Trinajstić information content (AvgIpc) is 3.51. The molecule has 0 unspecified atom stereocenters. The molecule has 1 atom stereocenters. The Morgan fingerprint density at radius 3 is 2.52 bits per heavy atom. The van der Waals surface area contributed by atoms with Crippen molar-refractivity contribution < 1.29 is 22.4 Å². The second-order valence-corrected chi connectivity index (χ2v) is 15.2. The number of nitrogens with zero attached hydrogens (tertiary/aromatic N) is 5. The lowest BCUT2D eigenvalue weighted by Gasteiger charge is -2.28. The number of nitrogens with two attached hydrogens (primary N) is 1. The van der Waals surface area contributed by atoms with Gasteiger partial charge in [-0.1, -0.05) is 55.3 Å². The number of ketones is 1. The summed E-state index contributed by atoms with van der Waals surface area (Å²) in [5, 5.41) is 2.80. The van der Waals surface area contributed by atoms with Crippen LogP contribution in [0.1, 0.15) is 37.1 Å². The van der Waals surface area contributed by atoms with E-state index in [1.807, 2.05) is 29.6 Å². The first-order valence-corrected chi connectivity index (χ1v) is 18.6. The van der Waals surface area contributed by atoms with Crippen LogP contribution in [0.3, 0.4) is 0 Å². The number of aryl methyl sites for hydroxylation is 1. The first kappa shape index (κ1) is 33.4. The third-order valence-corrected chi connectivity index (χ3v) is 11.9. The summed E-state index contributed by atoms with van der Waals surface area (Å²) >= 11 is 1.51. The van der Waals surface area contributed by atoms with E-state index in [1.54, 1.807) is 55.7 Å². The van der Waals surface area contributed by atoms with Gasteiger partial charge in [0.25, 0.3) is 0 Å². The Morgan fingerprint density at radius 2 is 1.74 bits per heavy atom. The van der Waals surface area contributed by atoms with Crippen LogP contribution >= 0.6 is 11.3 Å². The maximum atomic E-state index is 16.0. The Kier molecular flexibility index (Phi) is 8.93. The summed E-state index contributed by atoms with van der Waals surface area (Å²) in [4.78, 5) is 48.4. The first-order valence-electron chi connectivity index (χ1n) is 16.1. The number of rotatable bonds is 8. The van der Waals surface area contributed by atoms with Gasteiger partial charge in [-0.15, -0.1) is 11.3 Å². The third kappa shape index (κ3) is 6.14. The van der Waals surface area contributed by atoms with E-state index >= 15 is 4.39 Å². The summed E-state index contributed by atoms with van der Waals surface area (Å²) in [5.41, 5.74) is 7.47. The highest BCUT2D eigenvalue weighted by Crippen LogP contribution is 2.36. The summed E-state index contributed by atoms with van der Waals surface area (Å²) in [6.45, 7) is 1.80. The first-order chi connectivity index (χ1) is 24.0. The van der Waals surface area contributed by atoms with Gasteiger partial charge in [-0.2, -0.15) is 4.31 Å². The molecule has 1 aliphatic heterocycles. The standard InChI is InChI=1S/C36H33FN6O5S2/c1-22-39-18-25(19-40-22)23-13-14-29-31(16-23)43(35(38)45)36(46)41(29)21-50(47,48)42-15-6-2-3-11-30(42)32(44)17-24-8-7-10-27(34(24)37)28-20-49-33-12-5-4-9-26(28)33/h4-5,7-10,12-14,16,18-20,30H,2-3,6,11,15,17,21H2,1H3,(H2,38,45)/t30-/m0/s1. The SMILES string of the molecule is Cc1ncc(-c2ccc3c(c2)n(C(N)=O)c(=O)n3CS(=O)(=O)N2CCCCC[C@H]2C(=O)Cc2cccc(-c3csc4ccccc34)c2F)cn1. The maximum Gasteiger partial charge on any atom is 0.338 e. The van der Waals surface area contributed by atoms with Gasteiger partial charge < -0.3 is 5.73 Å². The fraction of sp³-hybridized carbons (Fsp3) is 0.250. The summed E-state index contributed by atoms with van der Waals surface area (Å²) in [5.74, 6) is -1.21. The number of imidazole rings is 1. The van der Waals surface area contributed by atoms with Crippen LogP contribution in [0.25, 0.3) is 43.4 Å². The molecule has 11 nitrogen and oxygen atoms in total. The van der Waals surface area contributed by atoms with Crippen LogP contribution in [0.15, 0.2) is 83.2 Å². The van der Waals surface area contributed by atoms with Crippen molar-refractivity contribution in [2.45, 2.75) is 50.9 Å². The fourth-order valence-electron chi connectivity index (χ4n) is 6.71. The number of amides is 1. The zero-order chi connectivity index (χ0) is 35.2. The lowest BCUT2D eigenvalue weighted by atomic mass is 9.96. The predicted molar refractivity (Wildman–Crippen MR) is 191 cm³/mol. The molecule has 50 heavy (non-hydrogen) atoms. The molecule has 14 heteroatoms.